The van der Waals surface area contributed by atoms with Gasteiger partial charge in [0.05, 0.1) is 23.4 Å². The van der Waals surface area contributed by atoms with Crippen molar-refractivity contribution < 1.29 is 17.6 Å². The van der Waals surface area contributed by atoms with Crippen molar-refractivity contribution in [3.63, 3.8) is 0 Å². The molecule has 0 atom stereocenters. The Balaban J connectivity index is 1.54. The summed E-state index contributed by atoms with van der Waals surface area (Å²) in [7, 11) is 0. The molecule has 0 saturated heterocycles. The van der Waals surface area contributed by atoms with Gasteiger partial charge in [-0.3, -0.25) is 9.69 Å². The summed E-state index contributed by atoms with van der Waals surface area (Å²) >= 11 is 0. The predicted octanol–water partition coefficient (Wildman–Crippen LogP) is 4.90. The number of aromatic nitrogens is 2. The molecule has 2 aromatic heterocycles. The standard InChI is InChI=1S/C23H24F3N3O2/c1-22(2,3)21-27-18-10-11-29(13-16(18)20(30)28-21)12-14-8-9-19(31-14)15-6-4-5-7-17(15)23(24,25)26/h4-9H,10-13H2,1-3H3,(H,27,28,30). The summed E-state index contributed by atoms with van der Waals surface area (Å²) in [5.74, 6) is 1.39. The first kappa shape index (κ1) is 21.4. The van der Waals surface area contributed by atoms with Crippen molar-refractivity contribution in [2.24, 2.45) is 0 Å². The van der Waals surface area contributed by atoms with Crippen molar-refractivity contribution in [3.8, 4) is 11.3 Å². The highest BCUT2D eigenvalue weighted by Crippen LogP contribution is 2.37. The molecule has 0 aliphatic carbocycles. The molecule has 3 aromatic rings. The number of aromatic amines is 1. The summed E-state index contributed by atoms with van der Waals surface area (Å²) in [6.45, 7) is 7.49. The fourth-order valence-corrected chi connectivity index (χ4v) is 3.74. The molecule has 5 nitrogen and oxygen atoms in total. The van der Waals surface area contributed by atoms with E-state index in [-0.39, 0.29) is 22.3 Å². The van der Waals surface area contributed by atoms with Gasteiger partial charge in [-0.25, -0.2) is 4.98 Å². The van der Waals surface area contributed by atoms with E-state index in [0.717, 1.165) is 11.8 Å². The van der Waals surface area contributed by atoms with Crippen LogP contribution < -0.4 is 5.56 Å². The molecule has 4 rings (SSSR count). The maximum Gasteiger partial charge on any atom is 0.417 e. The molecule has 0 saturated carbocycles. The number of benzene rings is 1. The second kappa shape index (κ2) is 7.67. The lowest BCUT2D eigenvalue weighted by Gasteiger charge is -2.28. The lowest BCUT2D eigenvalue weighted by molar-refractivity contribution is -0.137. The van der Waals surface area contributed by atoms with Crippen molar-refractivity contribution in [2.75, 3.05) is 6.54 Å². The number of halogens is 3. The SMILES string of the molecule is CC(C)(C)c1nc2c(c(=O)[nH]1)CN(Cc1ccc(-c3ccccc3C(F)(F)F)o1)CC2. The van der Waals surface area contributed by atoms with Crippen LogP contribution in [0.4, 0.5) is 13.2 Å². The van der Waals surface area contributed by atoms with Gasteiger partial charge in [0.15, 0.2) is 0 Å². The fourth-order valence-electron chi connectivity index (χ4n) is 3.74. The van der Waals surface area contributed by atoms with Crippen LogP contribution in [0, 0.1) is 0 Å². The summed E-state index contributed by atoms with van der Waals surface area (Å²) in [5, 5.41) is 0. The molecule has 1 aromatic carbocycles. The fraction of sp³-hybridized carbons (Fsp3) is 0.391. The summed E-state index contributed by atoms with van der Waals surface area (Å²) in [6.07, 6.45) is -3.83. The number of fused-ring (bicyclic) bond motifs is 1. The molecule has 0 amide bonds. The third-order valence-electron chi connectivity index (χ3n) is 5.40. The van der Waals surface area contributed by atoms with Crippen LogP contribution in [-0.4, -0.2) is 21.4 Å². The molecular formula is C23H24F3N3O2. The highest BCUT2D eigenvalue weighted by Gasteiger charge is 2.34. The monoisotopic (exact) mass is 431 g/mol. The Morgan fingerprint density at radius 1 is 1.13 bits per heavy atom. The number of nitrogens with zero attached hydrogens (tertiary/aromatic N) is 2. The molecule has 164 valence electrons. The van der Waals surface area contributed by atoms with Gasteiger partial charge in [-0.15, -0.1) is 0 Å². The first-order valence-corrected chi connectivity index (χ1v) is 10.1. The topological polar surface area (TPSA) is 62.1 Å². The van der Waals surface area contributed by atoms with Crippen LogP contribution in [0.1, 0.15) is 49.2 Å². The number of hydrogen-bond acceptors (Lipinski definition) is 4. The lowest BCUT2D eigenvalue weighted by Crippen LogP contribution is -2.37. The normalized spacial score (nSPS) is 15.2. The van der Waals surface area contributed by atoms with Gasteiger partial charge in [0.1, 0.15) is 17.3 Å². The summed E-state index contributed by atoms with van der Waals surface area (Å²) < 4.78 is 45.7. The molecule has 0 unspecified atom stereocenters. The maximum atomic E-state index is 13.3. The number of alkyl halides is 3. The van der Waals surface area contributed by atoms with Gasteiger partial charge < -0.3 is 9.40 Å². The number of hydrogen-bond donors (Lipinski definition) is 1. The second-order valence-corrected chi connectivity index (χ2v) is 8.86. The van der Waals surface area contributed by atoms with Crippen LogP contribution in [0.25, 0.3) is 11.3 Å². The minimum absolute atomic E-state index is 0.0144. The van der Waals surface area contributed by atoms with Crippen LogP contribution >= 0.6 is 0 Å². The van der Waals surface area contributed by atoms with Crippen LogP contribution in [0.2, 0.25) is 0 Å². The van der Waals surface area contributed by atoms with Crippen LogP contribution in [-0.2, 0) is 31.1 Å². The number of rotatable bonds is 3. The predicted molar refractivity (Wildman–Crippen MR) is 111 cm³/mol. The number of nitrogens with one attached hydrogen (secondary N) is 1. The van der Waals surface area contributed by atoms with Crippen LogP contribution in [0.15, 0.2) is 45.6 Å². The minimum Gasteiger partial charge on any atom is -0.460 e. The Hall–Kier alpha value is -2.87. The molecule has 31 heavy (non-hydrogen) atoms. The van der Waals surface area contributed by atoms with Gasteiger partial charge >= 0.3 is 6.18 Å². The van der Waals surface area contributed by atoms with Gasteiger partial charge in [-0.1, -0.05) is 39.0 Å². The molecule has 0 bridgehead atoms. The van der Waals surface area contributed by atoms with Gasteiger partial charge in [0.25, 0.3) is 5.56 Å². The molecule has 1 N–H and O–H groups in total. The molecule has 0 spiro atoms. The van der Waals surface area contributed by atoms with E-state index in [1.54, 1.807) is 18.2 Å². The highest BCUT2D eigenvalue weighted by atomic mass is 19.4. The van der Waals surface area contributed by atoms with Crippen LogP contribution in [0.5, 0.6) is 0 Å². The minimum atomic E-state index is -4.46. The Labute approximate surface area is 177 Å². The Morgan fingerprint density at radius 3 is 2.58 bits per heavy atom. The average molecular weight is 431 g/mol. The third-order valence-corrected chi connectivity index (χ3v) is 5.40. The molecule has 0 radical (unpaired) electrons. The van der Waals surface area contributed by atoms with E-state index in [0.29, 0.717) is 43.2 Å². The van der Waals surface area contributed by atoms with E-state index < -0.39 is 11.7 Å². The third kappa shape index (κ3) is 4.44. The van der Waals surface area contributed by atoms with Gasteiger partial charge in [-0.2, -0.15) is 13.2 Å². The Morgan fingerprint density at radius 2 is 1.87 bits per heavy atom. The van der Waals surface area contributed by atoms with Crippen molar-refractivity contribution in [2.45, 2.75) is 51.9 Å². The van der Waals surface area contributed by atoms with Gasteiger partial charge in [0, 0.05) is 30.5 Å². The lowest BCUT2D eigenvalue weighted by atomic mass is 9.95. The number of H-pyrrole nitrogens is 1. The quantitative estimate of drug-likeness (QED) is 0.641. The summed E-state index contributed by atoms with van der Waals surface area (Å²) in [6, 6.07) is 8.60. The molecule has 0 fully saturated rings. The second-order valence-electron chi connectivity index (χ2n) is 8.86. The summed E-state index contributed by atoms with van der Waals surface area (Å²) in [5.41, 5.74) is 0.343. The van der Waals surface area contributed by atoms with Crippen molar-refractivity contribution in [1.29, 1.82) is 0 Å². The summed E-state index contributed by atoms with van der Waals surface area (Å²) in [4.78, 5) is 22.2. The Bertz CT molecular complexity index is 1160. The average Bonchev–Trinajstić information content (AvgIpc) is 3.15. The number of furan rings is 1. The molecule has 3 heterocycles. The maximum absolute atomic E-state index is 13.3. The van der Waals surface area contributed by atoms with Gasteiger partial charge in [-0.05, 0) is 18.2 Å². The zero-order valence-corrected chi connectivity index (χ0v) is 17.6. The first-order valence-electron chi connectivity index (χ1n) is 10.1. The van der Waals surface area contributed by atoms with E-state index in [1.807, 2.05) is 25.7 Å². The van der Waals surface area contributed by atoms with Crippen molar-refractivity contribution in [3.05, 3.63) is 75.2 Å². The Kier molecular flexibility index (Phi) is 5.29. The highest BCUT2D eigenvalue weighted by molar-refractivity contribution is 5.63. The molecule has 1 aliphatic heterocycles. The molecule has 8 heteroatoms. The molecular weight excluding hydrogens is 407 g/mol. The smallest absolute Gasteiger partial charge is 0.417 e. The molecule has 1 aliphatic rings. The van der Waals surface area contributed by atoms with E-state index in [1.165, 1.54) is 12.1 Å². The van der Waals surface area contributed by atoms with Crippen molar-refractivity contribution >= 4 is 0 Å². The largest absolute Gasteiger partial charge is 0.460 e. The van der Waals surface area contributed by atoms with Gasteiger partial charge in [0.2, 0.25) is 0 Å². The van der Waals surface area contributed by atoms with E-state index in [2.05, 4.69) is 9.97 Å². The zero-order valence-electron chi connectivity index (χ0n) is 17.6. The first-order chi connectivity index (χ1) is 14.5. The van der Waals surface area contributed by atoms with Crippen molar-refractivity contribution in [1.82, 2.24) is 14.9 Å². The van der Waals surface area contributed by atoms with E-state index >= 15 is 0 Å². The zero-order chi connectivity index (χ0) is 22.4. The van der Waals surface area contributed by atoms with E-state index in [4.69, 9.17) is 4.42 Å². The van der Waals surface area contributed by atoms with E-state index in [9.17, 15) is 18.0 Å². The van der Waals surface area contributed by atoms with Crippen LogP contribution in [0.3, 0.4) is 0 Å².